The summed E-state index contributed by atoms with van der Waals surface area (Å²) in [5.74, 6) is 0. The molecule has 1 aliphatic carbocycles. The van der Waals surface area contributed by atoms with E-state index in [4.69, 9.17) is 0 Å². The lowest BCUT2D eigenvalue weighted by Crippen LogP contribution is -2.57. The molecule has 0 saturated heterocycles. The molecule has 0 aliphatic heterocycles. The van der Waals surface area contributed by atoms with E-state index in [1.165, 1.54) is 19.3 Å². The predicted molar refractivity (Wildman–Crippen MR) is 84.7 cm³/mol. The van der Waals surface area contributed by atoms with Gasteiger partial charge < -0.3 is 9.80 Å². The third-order valence-electron chi connectivity index (χ3n) is 4.64. The van der Waals surface area contributed by atoms with Crippen LogP contribution >= 0.6 is 0 Å². The lowest BCUT2D eigenvalue weighted by molar-refractivity contribution is 0.0264. The van der Waals surface area contributed by atoms with E-state index < -0.39 is 5.54 Å². The molecule has 1 fully saturated rings. The standard InChI is InChI=1S/C16H32N4/c1-14(2)18-15(3,12-17)10-11-20(6)13-16(19(4)5)8-7-9-16/h14,18H,7-11,13H2,1-6H3. The first-order chi connectivity index (χ1) is 9.23. The minimum absolute atomic E-state index is 0.338. The highest BCUT2D eigenvalue weighted by molar-refractivity contribution is 5.05. The normalized spacial score (nSPS) is 20.8. The maximum absolute atomic E-state index is 9.39. The third-order valence-corrected chi connectivity index (χ3v) is 4.64. The largest absolute Gasteiger partial charge is 0.304 e. The molecule has 0 heterocycles. The van der Waals surface area contributed by atoms with Gasteiger partial charge in [0.2, 0.25) is 0 Å². The SMILES string of the molecule is CC(C)NC(C)(C#N)CCN(C)CC1(N(C)C)CCC1. The summed E-state index contributed by atoms with van der Waals surface area (Å²) in [6.07, 6.45) is 4.80. The molecule has 4 heteroatoms. The highest BCUT2D eigenvalue weighted by atomic mass is 15.2. The van der Waals surface area contributed by atoms with E-state index in [9.17, 15) is 5.26 Å². The second-order valence-electron chi connectivity index (χ2n) is 7.20. The van der Waals surface area contributed by atoms with Gasteiger partial charge in [-0.25, -0.2) is 0 Å². The molecule has 1 N–H and O–H groups in total. The molecule has 0 radical (unpaired) electrons. The van der Waals surface area contributed by atoms with Gasteiger partial charge in [0.05, 0.1) is 6.07 Å². The molecular weight excluding hydrogens is 248 g/mol. The zero-order valence-corrected chi connectivity index (χ0v) is 14.2. The van der Waals surface area contributed by atoms with Crippen molar-refractivity contribution in [3.63, 3.8) is 0 Å². The Hall–Kier alpha value is -0.630. The van der Waals surface area contributed by atoms with Crippen molar-refractivity contribution in [1.82, 2.24) is 15.1 Å². The monoisotopic (exact) mass is 280 g/mol. The average Bonchev–Trinajstić information content (AvgIpc) is 2.30. The highest BCUT2D eigenvalue weighted by Crippen LogP contribution is 2.36. The van der Waals surface area contributed by atoms with Gasteiger partial charge in [0.15, 0.2) is 0 Å². The second kappa shape index (κ2) is 6.89. The number of nitrogens with zero attached hydrogens (tertiary/aromatic N) is 3. The summed E-state index contributed by atoms with van der Waals surface area (Å²) < 4.78 is 0. The Morgan fingerprint density at radius 2 is 1.90 bits per heavy atom. The quantitative estimate of drug-likeness (QED) is 0.739. The summed E-state index contributed by atoms with van der Waals surface area (Å²) >= 11 is 0. The summed E-state index contributed by atoms with van der Waals surface area (Å²) in [7, 11) is 6.55. The van der Waals surface area contributed by atoms with Crippen LogP contribution in [0.1, 0.15) is 46.5 Å². The molecule has 4 nitrogen and oxygen atoms in total. The number of hydrogen-bond donors (Lipinski definition) is 1. The van der Waals surface area contributed by atoms with Crippen LogP contribution in [0.4, 0.5) is 0 Å². The average molecular weight is 280 g/mol. The van der Waals surface area contributed by atoms with Crippen LogP contribution in [0.25, 0.3) is 0 Å². The minimum Gasteiger partial charge on any atom is -0.304 e. The Labute approximate surface area is 125 Å². The molecule has 1 saturated carbocycles. The fourth-order valence-corrected chi connectivity index (χ4v) is 3.13. The van der Waals surface area contributed by atoms with Crippen LogP contribution in [0.2, 0.25) is 0 Å². The Morgan fingerprint density at radius 1 is 1.30 bits per heavy atom. The smallest absolute Gasteiger partial charge is 0.105 e. The van der Waals surface area contributed by atoms with Gasteiger partial charge in [0, 0.05) is 24.7 Å². The van der Waals surface area contributed by atoms with E-state index in [0.29, 0.717) is 11.6 Å². The molecule has 1 unspecified atom stereocenters. The van der Waals surface area contributed by atoms with Crippen LogP contribution in [0.5, 0.6) is 0 Å². The van der Waals surface area contributed by atoms with Gasteiger partial charge in [-0.2, -0.15) is 5.26 Å². The molecular formula is C16H32N4. The fraction of sp³-hybridized carbons (Fsp3) is 0.938. The van der Waals surface area contributed by atoms with E-state index in [1.54, 1.807) is 0 Å². The van der Waals surface area contributed by atoms with Crippen LogP contribution in [-0.4, -0.2) is 61.2 Å². The van der Waals surface area contributed by atoms with Crippen LogP contribution in [-0.2, 0) is 0 Å². The Kier molecular flexibility index (Phi) is 6.00. The van der Waals surface area contributed by atoms with Crippen molar-refractivity contribution in [3.8, 4) is 6.07 Å². The molecule has 116 valence electrons. The van der Waals surface area contributed by atoms with Crippen molar-refractivity contribution in [1.29, 1.82) is 5.26 Å². The van der Waals surface area contributed by atoms with Crippen LogP contribution in [0.15, 0.2) is 0 Å². The van der Waals surface area contributed by atoms with Crippen molar-refractivity contribution in [3.05, 3.63) is 0 Å². The topological polar surface area (TPSA) is 42.3 Å². The Balaban J connectivity index is 2.46. The van der Waals surface area contributed by atoms with Gasteiger partial charge in [0.25, 0.3) is 0 Å². The van der Waals surface area contributed by atoms with Crippen LogP contribution in [0.3, 0.4) is 0 Å². The lowest BCUT2D eigenvalue weighted by atomic mass is 9.75. The highest BCUT2D eigenvalue weighted by Gasteiger charge is 2.39. The second-order valence-corrected chi connectivity index (χ2v) is 7.20. The molecule has 0 aromatic carbocycles. The molecule has 0 bridgehead atoms. The van der Waals surface area contributed by atoms with Crippen molar-refractivity contribution >= 4 is 0 Å². The van der Waals surface area contributed by atoms with E-state index >= 15 is 0 Å². The Bertz CT molecular complexity index is 341. The van der Waals surface area contributed by atoms with E-state index in [2.05, 4.69) is 56.2 Å². The number of nitrogens with one attached hydrogen (secondary N) is 1. The number of likely N-dealkylation sites (N-methyl/N-ethyl adjacent to an activating group) is 2. The van der Waals surface area contributed by atoms with Crippen molar-refractivity contribution in [2.45, 2.75) is 63.6 Å². The van der Waals surface area contributed by atoms with Gasteiger partial charge in [-0.05, 0) is 67.6 Å². The first-order valence-corrected chi connectivity index (χ1v) is 7.78. The van der Waals surface area contributed by atoms with E-state index in [-0.39, 0.29) is 0 Å². The molecule has 0 aromatic rings. The molecule has 1 rings (SSSR count). The zero-order chi connectivity index (χ0) is 15.4. The fourth-order valence-electron chi connectivity index (χ4n) is 3.13. The summed E-state index contributed by atoms with van der Waals surface area (Å²) in [6, 6.07) is 2.77. The van der Waals surface area contributed by atoms with Gasteiger partial charge in [0.1, 0.15) is 5.54 Å². The van der Waals surface area contributed by atoms with E-state index in [1.807, 2.05) is 6.92 Å². The van der Waals surface area contributed by atoms with Crippen molar-refractivity contribution in [2.75, 3.05) is 34.2 Å². The first kappa shape index (κ1) is 17.4. The van der Waals surface area contributed by atoms with Gasteiger partial charge in [-0.1, -0.05) is 0 Å². The van der Waals surface area contributed by atoms with Gasteiger partial charge in [-0.15, -0.1) is 0 Å². The predicted octanol–water partition coefficient (Wildman–Crippen LogP) is 2.07. The summed E-state index contributed by atoms with van der Waals surface area (Å²) in [6.45, 7) is 8.25. The number of hydrogen-bond acceptors (Lipinski definition) is 4. The maximum Gasteiger partial charge on any atom is 0.105 e. The third kappa shape index (κ3) is 4.44. The minimum atomic E-state index is -0.423. The van der Waals surface area contributed by atoms with Crippen LogP contribution < -0.4 is 5.32 Å². The Morgan fingerprint density at radius 3 is 2.25 bits per heavy atom. The molecule has 0 spiro atoms. The van der Waals surface area contributed by atoms with E-state index in [0.717, 1.165) is 19.5 Å². The first-order valence-electron chi connectivity index (χ1n) is 7.78. The van der Waals surface area contributed by atoms with Gasteiger partial charge >= 0.3 is 0 Å². The molecule has 0 aromatic heterocycles. The summed E-state index contributed by atoms with van der Waals surface area (Å²) in [4.78, 5) is 4.76. The summed E-state index contributed by atoms with van der Waals surface area (Å²) in [5, 5.41) is 12.8. The van der Waals surface area contributed by atoms with Crippen molar-refractivity contribution in [2.24, 2.45) is 0 Å². The maximum atomic E-state index is 9.39. The summed E-state index contributed by atoms with van der Waals surface area (Å²) in [5.41, 5.74) is -0.0589. The molecule has 20 heavy (non-hydrogen) atoms. The molecule has 0 amide bonds. The zero-order valence-electron chi connectivity index (χ0n) is 14.2. The number of nitriles is 1. The lowest BCUT2D eigenvalue weighted by Gasteiger charge is -2.49. The van der Waals surface area contributed by atoms with Crippen LogP contribution in [0, 0.1) is 11.3 Å². The molecule has 1 aliphatic rings. The number of rotatable bonds is 8. The van der Waals surface area contributed by atoms with Crippen molar-refractivity contribution < 1.29 is 0 Å². The molecule has 1 atom stereocenters. The van der Waals surface area contributed by atoms with Gasteiger partial charge in [-0.3, -0.25) is 5.32 Å².